The average molecular weight is 342 g/mol. The minimum Gasteiger partial charge on any atom is -0.388 e. The first-order valence-electron chi connectivity index (χ1n) is 6.59. The summed E-state index contributed by atoms with van der Waals surface area (Å²) in [6.07, 6.45) is 2.98. The second kappa shape index (κ2) is 6.45. The summed E-state index contributed by atoms with van der Waals surface area (Å²) >= 11 is 3.53. The SMILES string of the molecule is CCc1nn(CC)c(CC(O)c2cncc(F)c2)c1Br. The van der Waals surface area contributed by atoms with Gasteiger partial charge in [0.1, 0.15) is 5.82 Å². The Morgan fingerprint density at radius 1 is 1.40 bits per heavy atom. The van der Waals surface area contributed by atoms with Gasteiger partial charge in [0, 0.05) is 24.7 Å². The van der Waals surface area contributed by atoms with Crippen molar-refractivity contribution in [3.05, 3.63) is 45.7 Å². The van der Waals surface area contributed by atoms with E-state index < -0.39 is 11.9 Å². The van der Waals surface area contributed by atoms with Gasteiger partial charge in [-0.2, -0.15) is 5.10 Å². The molecule has 1 atom stereocenters. The van der Waals surface area contributed by atoms with E-state index in [0.717, 1.165) is 35.0 Å². The molecule has 108 valence electrons. The maximum Gasteiger partial charge on any atom is 0.141 e. The summed E-state index contributed by atoms with van der Waals surface area (Å²) < 4.78 is 15.9. The minimum absolute atomic E-state index is 0.368. The lowest BCUT2D eigenvalue weighted by Gasteiger charge is -2.12. The van der Waals surface area contributed by atoms with E-state index in [1.165, 1.54) is 12.3 Å². The fourth-order valence-corrected chi connectivity index (χ4v) is 2.85. The molecule has 0 aliphatic heterocycles. The average Bonchev–Trinajstić information content (AvgIpc) is 2.75. The van der Waals surface area contributed by atoms with Gasteiger partial charge >= 0.3 is 0 Å². The molecule has 0 amide bonds. The molecule has 0 spiro atoms. The molecular formula is C14H17BrFN3O. The van der Waals surface area contributed by atoms with Crippen molar-refractivity contribution in [3.63, 3.8) is 0 Å². The molecule has 4 nitrogen and oxygen atoms in total. The number of aliphatic hydroxyl groups excluding tert-OH is 1. The smallest absolute Gasteiger partial charge is 0.141 e. The third-order valence-corrected chi connectivity index (χ3v) is 4.11. The topological polar surface area (TPSA) is 50.9 Å². The third kappa shape index (κ3) is 3.07. The monoisotopic (exact) mass is 341 g/mol. The summed E-state index contributed by atoms with van der Waals surface area (Å²) in [4.78, 5) is 3.76. The highest BCUT2D eigenvalue weighted by molar-refractivity contribution is 9.10. The van der Waals surface area contributed by atoms with Crippen LogP contribution in [0.25, 0.3) is 0 Å². The van der Waals surface area contributed by atoms with Crippen LogP contribution in [0.5, 0.6) is 0 Å². The molecule has 1 unspecified atom stereocenters. The van der Waals surface area contributed by atoms with E-state index in [4.69, 9.17) is 0 Å². The Hall–Kier alpha value is -1.27. The molecule has 0 radical (unpaired) electrons. The molecule has 0 aliphatic rings. The molecule has 6 heteroatoms. The van der Waals surface area contributed by atoms with Gasteiger partial charge in [-0.05, 0) is 35.3 Å². The molecule has 2 heterocycles. The van der Waals surface area contributed by atoms with Crippen LogP contribution in [-0.4, -0.2) is 19.9 Å². The zero-order chi connectivity index (χ0) is 14.7. The van der Waals surface area contributed by atoms with Crippen molar-refractivity contribution in [1.29, 1.82) is 0 Å². The van der Waals surface area contributed by atoms with Crippen LogP contribution < -0.4 is 0 Å². The van der Waals surface area contributed by atoms with Gasteiger partial charge in [0.15, 0.2) is 0 Å². The quantitative estimate of drug-likeness (QED) is 0.909. The van der Waals surface area contributed by atoms with Gasteiger partial charge in [-0.15, -0.1) is 0 Å². The van der Waals surface area contributed by atoms with Gasteiger partial charge < -0.3 is 5.11 Å². The number of aromatic nitrogens is 3. The molecule has 20 heavy (non-hydrogen) atoms. The number of aliphatic hydroxyl groups is 1. The molecule has 0 saturated carbocycles. The summed E-state index contributed by atoms with van der Waals surface area (Å²) in [6.45, 7) is 4.75. The van der Waals surface area contributed by atoms with E-state index in [9.17, 15) is 9.50 Å². The molecule has 2 aromatic rings. The lowest BCUT2D eigenvalue weighted by Crippen LogP contribution is -2.09. The van der Waals surface area contributed by atoms with Crippen LogP contribution in [0, 0.1) is 5.82 Å². The fourth-order valence-electron chi connectivity index (χ4n) is 2.12. The number of hydrogen-bond donors (Lipinski definition) is 1. The molecule has 0 aliphatic carbocycles. The Labute approximate surface area is 125 Å². The highest BCUT2D eigenvalue weighted by atomic mass is 79.9. The van der Waals surface area contributed by atoms with Crippen molar-refractivity contribution in [2.75, 3.05) is 0 Å². The Morgan fingerprint density at radius 2 is 2.15 bits per heavy atom. The third-order valence-electron chi connectivity index (χ3n) is 3.19. The molecule has 0 bridgehead atoms. The van der Waals surface area contributed by atoms with Gasteiger partial charge in [0.25, 0.3) is 0 Å². The summed E-state index contributed by atoms with van der Waals surface area (Å²) in [7, 11) is 0. The largest absolute Gasteiger partial charge is 0.388 e. The van der Waals surface area contributed by atoms with Crippen molar-refractivity contribution in [2.45, 2.75) is 39.3 Å². The Kier molecular flexibility index (Phi) is 4.88. The second-order valence-corrected chi connectivity index (χ2v) is 5.33. The second-order valence-electron chi connectivity index (χ2n) is 4.53. The molecule has 0 fully saturated rings. The zero-order valence-corrected chi connectivity index (χ0v) is 13.1. The minimum atomic E-state index is -0.804. The van der Waals surface area contributed by atoms with Gasteiger partial charge in [-0.1, -0.05) is 6.92 Å². The highest BCUT2D eigenvalue weighted by Gasteiger charge is 2.18. The van der Waals surface area contributed by atoms with Crippen molar-refractivity contribution in [3.8, 4) is 0 Å². The van der Waals surface area contributed by atoms with E-state index in [-0.39, 0.29) is 0 Å². The Balaban J connectivity index is 2.27. The zero-order valence-electron chi connectivity index (χ0n) is 11.5. The van der Waals surface area contributed by atoms with Gasteiger partial charge in [0.05, 0.1) is 28.2 Å². The van der Waals surface area contributed by atoms with Gasteiger partial charge in [0.2, 0.25) is 0 Å². The van der Waals surface area contributed by atoms with Crippen LogP contribution in [-0.2, 0) is 19.4 Å². The first-order valence-corrected chi connectivity index (χ1v) is 7.38. The highest BCUT2D eigenvalue weighted by Crippen LogP contribution is 2.27. The van der Waals surface area contributed by atoms with Crippen molar-refractivity contribution in [2.24, 2.45) is 0 Å². The summed E-state index contributed by atoms with van der Waals surface area (Å²) in [6, 6.07) is 1.30. The van der Waals surface area contributed by atoms with Crippen LogP contribution in [0.4, 0.5) is 4.39 Å². The van der Waals surface area contributed by atoms with E-state index in [0.29, 0.717) is 12.0 Å². The fraction of sp³-hybridized carbons (Fsp3) is 0.429. The molecule has 0 aromatic carbocycles. The molecule has 2 aromatic heterocycles. The lowest BCUT2D eigenvalue weighted by molar-refractivity contribution is 0.174. The van der Waals surface area contributed by atoms with Gasteiger partial charge in [-0.3, -0.25) is 9.67 Å². The molecule has 0 saturated heterocycles. The van der Waals surface area contributed by atoms with Gasteiger partial charge in [-0.25, -0.2) is 4.39 Å². The van der Waals surface area contributed by atoms with E-state index in [1.807, 2.05) is 18.5 Å². The van der Waals surface area contributed by atoms with Crippen LogP contribution in [0.3, 0.4) is 0 Å². The maximum atomic E-state index is 13.1. The van der Waals surface area contributed by atoms with Crippen molar-refractivity contribution in [1.82, 2.24) is 14.8 Å². The predicted octanol–water partition coefficient (Wildman–Crippen LogP) is 3.04. The van der Waals surface area contributed by atoms with Crippen LogP contribution in [0.15, 0.2) is 22.9 Å². The molecular weight excluding hydrogens is 325 g/mol. The van der Waals surface area contributed by atoms with Crippen molar-refractivity contribution < 1.29 is 9.50 Å². The number of nitrogens with zero attached hydrogens (tertiary/aromatic N) is 3. The van der Waals surface area contributed by atoms with E-state index in [1.54, 1.807) is 0 Å². The lowest BCUT2D eigenvalue weighted by atomic mass is 10.1. The first kappa shape index (κ1) is 15.1. The number of rotatable bonds is 5. The van der Waals surface area contributed by atoms with Crippen LogP contribution >= 0.6 is 15.9 Å². The van der Waals surface area contributed by atoms with Crippen LogP contribution in [0.1, 0.15) is 36.9 Å². The Morgan fingerprint density at radius 3 is 2.75 bits per heavy atom. The maximum absolute atomic E-state index is 13.1. The standard InChI is InChI=1S/C14H17BrFN3O/c1-3-11-14(15)12(19(4-2)18-11)6-13(20)9-5-10(16)8-17-7-9/h5,7-8,13,20H,3-4,6H2,1-2H3. The number of pyridine rings is 1. The number of halogens is 2. The van der Waals surface area contributed by atoms with Crippen LogP contribution in [0.2, 0.25) is 0 Å². The Bertz CT molecular complexity index is 600. The predicted molar refractivity (Wildman–Crippen MR) is 77.8 cm³/mol. The van der Waals surface area contributed by atoms with E-state index >= 15 is 0 Å². The molecule has 1 N–H and O–H groups in total. The summed E-state index contributed by atoms with van der Waals surface area (Å²) in [5.41, 5.74) is 2.35. The normalized spacial score (nSPS) is 12.7. The molecule has 2 rings (SSSR count). The number of aryl methyl sites for hydroxylation is 2. The number of hydrogen-bond acceptors (Lipinski definition) is 3. The van der Waals surface area contributed by atoms with Crippen molar-refractivity contribution >= 4 is 15.9 Å². The summed E-state index contributed by atoms with van der Waals surface area (Å²) in [5.74, 6) is -0.445. The summed E-state index contributed by atoms with van der Waals surface area (Å²) in [5, 5.41) is 14.7. The van der Waals surface area contributed by atoms with E-state index in [2.05, 4.69) is 26.0 Å². The first-order chi connectivity index (χ1) is 9.56.